The van der Waals surface area contributed by atoms with E-state index in [0.29, 0.717) is 5.56 Å². The van der Waals surface area contributed by atoms with Gasteiger partial charge in [-0.25, -0.2) is 0 Å². The van der Waals surface area contributed by atoms with E-state index in [4.69, 9.17) is 5.26 Å². The van der Waals surface area contributed by atoms with Gasteiger partial charge in [0, 0.05) is 15.7 Å². The minimum absolute atomic E-state index is 0.00817. The van der Waals surface area contributed by atoms with Gasteiger partial charge in [-0.05, 0) is 43.9 Å². The quantitative estimate of drug-likeness (QED) is 0.857. The summed E-state index contributed by atoms with van der Waals surface area (Å²) >= 11 is 3.43. The number of anilines is 1. The zero-order valence-electron chi connectivity index (χ0n) is 11.8. The fourth-order valence-electron chi connectivity index (χ4n) is 2.49. The zero-order valence-corrected chi connectivity index (χ0v) is 13.4. The first kappa shape index (κ1) is 15.0. The smallest absolute Gasteiger partial charge is 0.0992 e. The molecular weight excluding hydrogens is 288 g/mol. The van der Waals surface area contributed by atoms with E-state index in [-0.39, 0.29) is 11.0 Å². The van der Waals surface area contributed by atoms with Crippen LogP contribution in [-0.4, -0.2) is 5.54 Å². The second-order valence-corrected chi connectivity index (χ2v) is 7.50. The summed E-state index contributed by atoms with van der Waals surface area (Å²) in [5, 5.41) is 12.5. The van der Waals surface area contributed by atoms with Crippen LogP contribution in [0.3, 0.4) is 0 Å². The van der Waals surface area contributed by atoms with E-state index < -0.39 is 0 Å². The van der Waals surface area contributed by atoms with E-state index in [0.717, 1.165) is 16.6 Å². The Morgan fingerprint density at radius 3 is 2.28 bits per heavy atom. The Morgan fingerprint density at radius 2 is 1.78 bits per heavy atom. The number of nitrogens with zero attached hydrogens (tertiary/aromatic N) is 1. The summed E-state index contributed by atoms with van der Waals surface area (Å²) in [5.74, 6) is 0. The molecule has 0 heterocycles. The van der Waals surface area contributed by atoms with Crippen LogP contribution in [0.5, 0.6) is 0 Å². The summed E-state index contributed by atoms with van der Waals surface area (Å²) in [7, 11) is 0. The van der Waals surface area contributed by atoms with Crippen LogP contribution in [0.1, 0.15) is 46.6 Å². The molecule has 18 heavy (non-hydrogen) atoms. The van der Waals surface area contributed by atoms with Gasteiger partial charge in [-0.2, -0.15) is 5.26 Å². The molecule has 0 aliphatic heterocycles. The molecule has 1 N–H and O–H groups in total. The van der Waals surface area contributed by atoms with Crippen LogP contribution >= 0.6 is 15.9 Å². The molecule has 0 saturated carbocycles. The molecule has 0 radical (unpaired) electrons. The maximum Gasteiger partial charge on any atom is 0.0992 e. The summed E-state index contributed by atoms with van der Waals surface area (Å²) in [5.41, 5.74) is 1.90. The second kappa shape index (κ2) is 5.32. The molecule has 1 aromatic carbocycles. The highest BCUT2D eigenvalue weighted by atomic mass is 79.9. The number of hydrogen-bond acceptors (Lipinski definition) is 2. The number of halogens is 1. The topological polar surface area (TPSA) is 35.8 Å². The summed E-state index contributed by atoms with van der Waals surface area (Å²) in [6.45, 7) is 11.1. The second-order valence-electron chi connectivity index (χ2n) is 6.59. The summed E-state index contributed by atoms with van der Waals surface area (Å²) < 4.78 is 0.926. The van der Waals surface area contributed by atoms with Crippen LogP contribution in [0.25, 0.3) is 0 Å². The van der Waals surface area contributed by atoms with E-state index in [1.807, 2.05) is 18.2 Å². The van der Waals surface area contributed by atoms with Gasteiger partial charge in [0.25, 0.3) is 0 Å². The van der Waals surface area contributed by atoms with Crippen molar-refractivity contribution in [2.45, 2.75) is 46.6 Å². The summed E-state index contributed by atoms with van der Waals surface area (Å²) in [6.07, 6.45) is 1.05. The normalized spacial score (nSPS) is 12.1. The van der Waals surface area contributed by atoms with Crippen molar-refractivity contribution in [3.8, 4) is 6.07 Å². The molecular formula is C15H21BrN2. The molecule has 0 aliphatic rings. The SMILES string of the molecule is CC(C)(C)CC(C)(C)Nc1cc(Br)cc(C#N)c1. The molecule has 0 fully saturated rings. The Kier molecular flexibility index (Phi) is 4.45. The Morgan fingerprint density at radius 1 is 1.17 bits per heavy atom. The maximum atomic E-state index is 8.97. The van der Waals surface area contributed by atoms with E-state index in [2.05, 4.69) is 61.9 Å². The van der Waals surface area contributed by atoms with E-state index in [9.17, 15) is 0 Å². The fourth-order valence-corrected chi connectivity index (χ4v) is 2.98. The lowest BCUT2D eigenvalue weighted by Crippen LogP contribution is -2.35. The Bertz CT molecular complexity index is 464. The van der Waals surface area contributed by atoms with Gasteiger partial charge in [-0.15, -0.1) is 0 Å². The number of hydrogen-bond donors (Lipinski definition) is 1. The van der Waals surface area contributed by atoms with Gasteiger partial charge in [-0.3, -0.25) is 0 Å². The van der Waals surface area contributed by atoms with Crippen molar-refractivity contribution in [2.75, 3.05) is 5.32 Å². The third-order valence-corrected chi connectivity index (χ3v) is 2.94. The van der Waals surface area contributed by atoms with Crippen LogP contribution in [0.2, 0.25) is 0 Å². The van der Waals surface area contributed by atoms with Crippen LogP contribution in [0.15, 0.2) is 22.7 Å². The standard InChI is InChI=1S/C15H21BrN2/c1-14(2,3)10-15(4,5)18-13-7-11(9-17)6-12(16)8-13/h6-8,18H,10H2,1-5H3. The third kappa shape index (κ3) is 5.10. The molecule has 0 bridgehead atoms. The lowest BCUT2D eigenvalue weighted by molar-refractivity contribution is 0.302. The fraction of sp³-hybridized carbons (Fsp3) is 0.533. The molecule has 0 spiro atoms. The van der Waals surface area contributed by atoms with Crippen LogP contribution in [0, 0.1) is 16.7 Å². The molecule has 0 aliphatic carbocycles. The lowest BCUT2D eigenvalue weighted by Gasteiger charge is -2.34. The number of nitriles is 1. The first-order valence-electron chi connectivity index (χ1n) is 6.10. The van der Waals surface area contributed by atoms with Crippen LogP contribution < -0.4 is 5.32 Å². The predicted molar refractivity (Wildman–Crippen MR) is 80.6 cm³/mol. The zero-order chi connectivity index (χ0) is 14.0. The van der Waals surface area contributed by atoms with Crippen molar-refractivity contribution in [1.29, 1.82) is 5.26 Å². The Hall–Kier alpha value is -1.01. The van der Waals surface area contributed by atoms with Crippen molar-refractivity contribution >= 4 is 21.6 Å². The van der Waals surface area contributed by atoms with Crippen LogP contribution in [0.4, 0.5) is 5.69 Å². The highest BCUT2D eigenvalue weighted by Crippen LogP contribution is 2.30. The van der Waals surface area contributed by atoms with Crippen LogP contribution in [-0.2, 0) is 0 Å². The van der Waals surface area contributed by atoms with Gasteiger partial charge < -0.3 is 5.32 Å². The Balaban J connectivity index is 2.90. The van der Waals surface area contributed by atoms with Gasteiger partial charge in [0.05, 0.1) is 11.6 Å². The van der Waals surface area contributed by atoms with Crippen molar-refractivity contribution in [2.24, 2.45) is 5.41 Å². The highest BCUT2D eigenvalue weighted by molar-refractivity contribution is 9.10. The summed E-state index contributed by atoms with van der Waals surface area (Å²) in [6, 6.07) is 7.88. The van der Waals surface area contributed by atoms with Crippen molar-refractivity contribution in [1.82, 2.24) is 0 Å². The molecule has 0 atom stereocenters. The maximum absolute atomic E-state index is 8.97. The molecule has 2 nitrogen and oxygen atoms in total. The van der Waals surface area contributed by atoms with E-state index >= 15 is 0 Å². The van der Waals surface area contributed by atoms with Gasteiger partial charge in [0.2, 0.25) is 0 Å². The van der Waals surface area contributed by atoms with E-state index in [1.54, 1.807) is 0 Å². The lowest BCUT2D eigenvalue weighted by atomic mass is 9.81. The average molecular weight is 309 g/mol. The van der Waals surface area contributed by atoms with Crippen molar-refractivity contribution < 1.29 is 0 Å². The average Bonchev–Trinajstić information content (AvgIpc) is 2.11. The van der Waals surface area contributed by atoms with Crippen molar-refractivity contribution in [3.05, 3.63) is 28.2 Å². The highest BCUT2D eigenvalue weighted by Gasteiger charge is 2.25. The minimum Gasteiger partial charge on any atom is -0.380 e. The number of nitrogens with one attached hydrogen (secondary N) is 1. The molecule has 0 amide bonds. The first-order valence-corrected chi connectivity index (χ1v) is 6.89. The molecule has 1 aromatic rings. The van der Waals surface area contributed by atoms with Gasteiger partial charge >= 0.3 is 0 Å². The van der Waals surface area contributed by atoms with Gasteiger partial charge in [0.15, 0.2) is 0 Å². The Labute approximate surface area is 119 Å². The number of rotatable bonds is 3. The molecule has 0 saturated heterocycles. The molecule has 3 heteroatoms. The summed E-state index contributed by atoms with van der Waals surface area (Å²) in [4.78, 5) is 0. The van der Waals surface area contributed by atoms with E-state index in [1.165, 1.54) is 0 Å². The molecule has 0 unspecified atom stereocenters. The number of benzene rings is 1. The van der Waals surface area contributed by atoms with Gasteiger partial charge in [0.1, 0.15) is 0 Å². The van der Waals surface area contributed by atoms with Crippen molar-refractivity contribution in [3.63, 3.8) is 0 Å². The largest absolute Gasteiger partial charge is 0.380 e. The first-order chi connectivity index (χ1) is 8.11. The monoisotopic (exact) mass is 308 g/mol. The van der Waals surface area contributed by atoms with Gasteiger partial charge in [-0.1, -0.05) is 36.7 Å². The molecule has 1 rings (SSSR count). The third-order valence-electron chi connectivity index (χ3n) is 2.48. The predicted octanol–water partition coefficient (Wildman–Crippen LogP) is 4.95. The minimum atomic E-state index is -0.00817. The molecule has 0 aromatic heterocycles. The molecule has 98 valence electrons.